The second-order valence-corrected chi connectivity index (χ2v) is 5.25. The molecule has 3 saturated heterocycles. The maximum Gasteiger partial charge on any atom is 0.242 e. The lowest BCUT2D eigenvalue weighted by atomic mass is 9.97. The Balaban J connectivity index is 1.74. The average molecular weight is 237 g/mol. The highest BCUT2D eigenvalue weighted by Gasteiger charge is 2.41. The molecule has 0 bridgehead atoms. The number of nitrogens with zero attached hydrogens (tertiary/aromatic N) is 2. The molecule has 0 radical (unpaired) electrons. The van der Waals surface area contributed by atoms with Crippen LogP contribution in [0.3, 0.4) is 0 Å². The minimum absolute atomic E-state index is 0.0149. The van der Waals surface area contributed by atoms with Crippen molar-refractivity contribution in [1.82, 2.24) is 15.1 Å². The van der Waals surface area contributed by atoms with E-state index in [0.29, 0.717) is 6.04 Å². The van der Waals surface area contributed by atoms with E-state index in [0.717, 1.165) is 19.5 Å². The fourth-order valence-electron chi connectivity index (χ4n) is 3.46. The van der Waals surface area contributed by atoms with Crippen molar-refractivity contribution in [2.24, 2.45) is 0 Å². The lowest BCUT2D eigenvalue weighted by molar-refractivity contribution is -0.143. The van der Waals surface area contributed by atoms with Gasteiger partial charge >= 0.3 is 0 Å². The molecule has 1 N–H and O–H groups in total. The van der Waals surface area contributed by atoms with Gasteiger partial charge in [-0.3, -0.25) is 14.5 Å². The summed E-state index contributed by atoms with van der Waals surface area (Å²) >= 11 is 0. The van der Waals surface area contributed by atoms with E-state index in [-0.39, 0.29) is 30.9 Å². The molecule has 17 heavy (non-hydrogen) atoms. The molecule has 94 valence electrons. The van der Waals surface area contributed by atoms with Gasteiger partial charge in [0, 0.05) is 18.6 Å². The summed E-state index contributed by atoms with van der Waals surface area (Å²) in [5.41, 5.74) is 0. The summed E-state index contributed by atoms with van der Waals surface area (Å²) in [6.07, 6.45) is 4.74. The summed E-state index contributed by atoms with van der Waals surface area (Å²) < 4.78 is 0. The van der Waals surface area contributed by atoms with Gasteiger partial charge in [0.25, 0.3) is 0 Å². The van der Waals surface area contributed by atoms with E-state index in [4.69, 9.17) is 0 Å². The molecule has 3 rings (SSSR count). The van der Waals surface area contributed by atoms with Gasteiger partial charge in [-0.05, 0) is 25.8 Å². The first-order valence-electron chi connectivity index (χ1n) is 6.56. The smallest absolute Gasteiger partial charge is 0.242 e. The van der Waals surface area contributed by atoms with Gasteiger partial charge in [-0.15, -0.1) is 0 Å². The molecule has 5 nitrogen and oxygen atoms in total. The molecule has 0 spiro atoms. The Labute approximate surface area is 101 Å². The SMILES string of the molecule is O=C1CN(C2CCN3CCCCC23)C(=O)CN1. The number of hydrogen-bond acceptors (Lipinski definition) is 3. The Bertz CT molecular complexity index is 345. The van der Waals surface area contributed by atoms with Gasteiger partial charge in [0.2, 0.25) is 11.8 Å². The number of piperazine rings is 1. The van der Waals surface area contributed by atoms with Gasteiger partial charge in [0.1, 0.15) is 0 Å². The van der Waals surface area contributed by atoms with Crippen LogP contribution in [-0.2, 0) is 9.59 Å². The maximum absolute atomic E-state index is 11.9. The highest BCUT2D eigenvalue weighted by Crippen LogP contribution is 2.30. The van der Waals surface area contributed by atoms with Crippen LogP contribution in [0.4, 0.5) is 0 Å². The zero-order chi connectivity index (χ0) is 11.8. The topological polar surface area (TPSA) is 52.7 Å². The molecule has 2 amide bonds. The molecule has 0 aromatic rings. The van der Waals surface area contributed by atoms with Crippen molar-refractivity contribution in [1.29, 1.82) is 0 Å². The molecule has 0 aromatic heterocycles. The predicted octanol–water partition coefficient (Wildman–Crippen LogP) is -0.428. The molecule has 3 fully saturated rings. The second kappa shape index (κ2) is 4.29. The number of rotatable bonds is 1. The molecular weight excluding hydrogens is 218 g/mol. The Morgan fingerprint density at radius 2 is 1.94 bits per heavy atom. The fraction of sp³-hybridized carbons (Fsp3) is 0.833. The molecule has 5 heteroatoms. The van der Waals surface area contributed by atoms with Crippen LogP contribution in [0, 0.1) is 0 Å². The molecule has 2 atom stereocenters. The van der Waals surface area contributed by atoms with Gasteiger partial charge in [-0.2, -0.15) is 0 Å². The Morgan fingerprint density at radius 3 is 2.82 bits per heavy atom. The van der Waals surface area contributed by atoms with Crippen molar-refractivity contribution in [3.63, 3.8) is 0 Å². The second-order valence-electron chi connectivity index (χ2n) is 5.25. The zero-order valence-electron chi connectivity index (χ0n) is 10.0. The molecule has 0 aliphatic carbocycles. The number of nitrogens with one attached hydrogen (secondary N) is 1. The lowest BCUT2D eigenvalue weighted by Gasteiger charge is -2.39. The van der Waals surface area contributed by atoms with Crippen LogP contribution < -0.4 is 5.32 Å². The van der Waals surface area contributed by atoms with Crippen molar-refractivity contribution in [3.05, 3.63) is 0 Å². The van der Waals surface area contributed by atoms with Crippen molar-refractivity contribution in [2.75, 3.05) is 26.2 Å². The van der Waals surface area contributed by atoms with Crippen LogP contribution in [0.25, 0.3) is 0 Å². The summed E-state index contributed by atoms with van der Waals surface area (Å²) in [5.74, 6) is 0.0703. The van der Waals surface area contributed by atoms with Gasteiger partial charge in [0.05, 0.1) is 13.1 Å². The molecule has 0 aromatic carbocycles. The molecule has 3 heterocycles. The van der Waals surface area contributed by atoms with Crippen molar-refractivity contribution < 1.29 is 9.59 Å². The van der Waals surface area contributed by atoms with E-state index in [2.05, 4.69) is 10.2 Å². The predicted molar refractivity (Wildman–Crippen MR) is 62.3 cm³/mol. The Morgan fingerprint density at radius 1 is 1.06 bits per heavy atom. The molecular formula is C12H19N3O2. The normalized spacial score (nSPS) is 34.7. The van der Waals surface area contributed by atoms with Crippen LogP contribution in [0.15, 0.2) is 0 Å². The molecule has 2 unspecified atom stereocenters. The van der Waals surface area contributed by atoms with Gasteiger partial charge in [-0.25, -0.2) is 0 Å². The third-order valence-electron chi connectivity index (χ3n) is 4.29. The number of piperidine rings is 1. The van der Waals surface area contributed by atoms with Crippen molar-refractivity contribution in [2.45, 2.75) is 37.8 Å². The number of amides is 2. The van der Waals surface area contributed by atoms with Gasteiger partial charge in [-0.1, -0.05) is 6.42 Å². The first-order valence-corrected chi connectivity index (χ1v) is 6.56. The first-order chi connectivity index (χ1) is 8.25. The summed E-state index contributed by atoms with van der Waals surface area (Å²) in [7, 11) is 0. The van der Waals surface area contributed by atoms with E-state index >= 15 is 0 Å². The highest BCUT2D eigenvalue weighted by molar-refractivity contribution is 5.92. The van der Waals surface area contributed by atoms with Crippen LogP contribution in [0.1, 0.15) is 25.7 Å². The average Bonchev–Trinajstić information content (AvgIpc) is 2.76. The summed E-state index contributed by atoms with van der Waals surface area (Å²) in [4.78, 5) is 27.6. The van der Waals surface area contributed by atoms with Crippen molar-refractivity contribution >= 4 is 11.8 Å². The number of fused-ring (bicyclic) bond motifs is 1. The van der Waals surface area contributed by atoms with Crippen LogP contribution in [0.5, 0.6) is 0 Å². The monoisotopic (exact) mass is 237 g/mol. The Kier molecular flexibility index (Phi) is 2.78. The third kappa shape index (κ3) is 1.92. The van der Waals surface area contributed by atoms with E-state index in [9.17, 15) is 9.59 Å². The molecule has 3 aliphatic rings. The van der Waals surface area contributed by atoms with E-state index in [1.807, 2.05) is 4.90 Å². The van der Waals surface area contributed by atoms with Crippen LogP contribution in [-0.4, -0.2) is 59.9 Å². The molecule has 0 saturated carbocycles. The van der Waals surface area contributed by atoms with E-state index in [1.54, 1.807) is 0 Å². The first kappa shape index (κ1) is 11.0. The minimum Gasteiger partial charge on any atom is -0.345 e. The minimum atomic E-state index is -0.0149. The van der Waals surface area contributed by atoms with E-state index < -0.39 is 0 Å². The maximum atomic E-state index is 11.9. The number of carbonyl (C=O) groups excluding carboxylic acids is 2. The summed E-state index contributed by atoms with van der Waals surface area (Å²) in [5, 5.41) is 2.61. The van der Waals surface area contributed by atoms with Gasteiger partial charge in [0.15, 0.2) is 0 Å². The van der Waals surface area contributed by atoms with E-state index in [1.165, 1.54) is 19.3 Å². The standard InChI is InChI=1S/C12H19N3O2/c16-11-8-15(12(17)7-13-11)10-4-6-14-5-2-1-3-9(10)14/h9-10H,1-8H2,(H,13,16). The largest absolute Gasteiger partial charge is 0.345 e. The quantitative estimate of drug-likeness (QED) is 0.673. The number of carbonyl (C=O) groups is 2. The molecule has 3 aliphatic heterocycles. The lowest BCUT2D eigenvalue weighted by Crippen LogP contribution is -2.58. The highest BCUT2D eigenvalue weighted by atomic mass is 16.2. The van der Waals surface area contributed by atoms with Crippen LogP contribution in [0.2, 0.25) is 0 Å². The summed E-state index contributed by atoms with van der Waals surface area (Å²) in [6.45, 7) is 2.69. The third-order valence-corrected chi connectivity index (χ3v) is 4.29. The summed E-state index contributed by atoms with van der Waals surface area (Å²) in [6, 6.07) is 0.771. The zero-order valence-corrected chi connectivity index (χ0v) is 10.0. The Hall–Kier alpha value is -1.10. The van der Waals surface area contributed by atoms with Gasteiger partial charge < -0.3 is 10.2 Å². The van der Waals surface area contributed by atoms with Crippen molar-refractivity contribution in [3.8, 4) is 0 Å². The number of hydrogen-bond donors (Lipinski definition) is 1. The fourth-order valence-corrected chi connectivity index (χ4v) is 3.46. The van der Waals surface area contributed by atoms with Crippen LogP contribution >= 0.6 is 0 Å².